The van der Waals surface area contributed by atoms with Gasteiger partial charge in [0.05, 0.1) is 24.8 Å². The van der Waals surface area contributed by atoms with E-state index in [9.17, 15) is 14.4 Å². The zero-order chi connectivity index (χ0) is 25.4. The van der Waals surface area contributed by atoms with Gasteiger partial charge in [0.15, 0.2) is 5.69 Å². The Morgan fingerprint density at radius 2 is 1.88 bits per heavy atom. The number of nitriles is 1. The van der Waals surface area contributed by atoms with Crippen LogP contribution in [0.25, 0.3) is 0 Å². The van der Waals surface area contributed by atoms with Crippen LogP contribution in [0.2, 0.25) is 0 Å². The number of likely N-dealkylation sites (N-methyl/N-ethyl adjacent to an activating group) is 1. The minimum atomic E-state index is -0.713. The lowest BCUT2D eigenvalue weighted by atomic mass is 10.0. The minimum Gasteiger partial charge on any atom is -0.383 e. The van der Waals surface area contributed by atoms with E-state index in [-0.39, 0.29) is 49.1 Å². The first-order chi connectivity index (χ1) is 16.1. The highest BCUT2D eigenvalue weighted by Gasteiger charge is 2.27. The molecule has 0 saturated heterocycles. The third-order valence-corrected chi connectivity index (χ3v) is 5.67. The van der Waals surface area contributed by atoms with E-state index in [0.717, 1.165) is 5.56 Å². The van der Waals surface area contributed by atoms with Gasteiger partial charge < -0.3 is 15.4 Å². The van der Waals surface area contributed by atoms with Crippen molar-refractivity contribution in [1.29, 1.82) is 5.26 Å². The first kappa shape index (κ1) is 26.8. The number of nitrogens with zero attached hydrogens (tertiary/aromatic N) is 4. The van der Waals surface area contributed by atoms with E-state index >= 15 is 0 Å². The van der Waals surface area contributed by atoms with Crippen molar-refractivity contribution in [2.24, 2.45) is 5.92 Å². The molecule has 34 heavy (non-hydrogen) atoms. The van der Waals surface area contributed by atoms with Crippen molar-refractivity contribution in [2.45, 2.75) is 40.3 Å². The van der Waals surface area contributed by atoms with Crippen LogP contribution in [0.15, 0.2) is 33.9 Å². The number of benzene rings is 1. The summed E-state index contributed by atoms with van der Waals surface area (Å²) in [7, 11) is 1.50. The molecule has 184 valence electrons. The van der Waals surface area contributed by atoms with Gasteiger partial charge in [-0.15, -0.1) is 0 Å². The summed E-state index contributed by atoms with van der Waals surface area (Å²) >= 11 is 0. The lowest BCUT2D eigenvalue weighted by Crippen LogP contribution is -2.47. The SMILES string of the molecule is CCN(CC(=O)N(CCOC)c1c(N)n(CC(C)C)c(=O)[nH]c1=O)C(C)c1ccc(C#N)cc1. The average Bonchev–Trinajstić information content (AvgIpc) is 2.81. The molecule has 0 aliphatic rings. The monoisotopic (exact) mass is 470 g/mol. The molecular weight excluding hydrogens is 436 g/mol. The van der Waals surface area contributed by atoms with Crippen molar-refractivity contribution in [3.63, 3.8) is 0 Å². The second kappa shape index (κ2) is 12.2. The second-order valence-corrected chi connectivity index (χ2v) is 8.51. The summed E-state index contributed by atoms with van der Waals surface area (Å²) in [5, 5.41) is 9.03. The highest BCUT2D eigenvalue weighted by Crippen LogP contribution is 2.22. The van der Waals surface area contributed by atoms with Crippen LogP contribution < -0.4 is 21.9 Å². The third kappa shape index (κ3) is 6.34. The molecule has 1 aromatic heterocycles. The Bertz CT molecular complexity index is 1130. The molecule has 1 amide bonds. The molecule has 2 aromatic rings. The van der Waals surface area contributed by atoms with Gasteiger partial charge in [0.1, 0.15) is 5.82 Å². The molecule has 1 aromatic carbocycles. The van der Waals surface area contributed by atoms with Crippen LogP contribution in [0.1, 0.15) is 44.9 Å². The molecule has 10 heteroatoms. The summed E-state index contributed by atoms with van der Waals surface area (Å²) in [4.78, 5) is 44.1. The van der Waals surface area contributed by atoms with Crippen LogP contribution in [0.5, 0.6) is 0 Å². The van der Waals surface area contributed by atoms with Crippen LogP contribution >= 0.6 is 0 Å². The van der Waals surface area contributed by atoms with Gasteiger partial charge in [-0.05, 0) is 37.1 Å². The van der Waals surface area contributed by atoms with Gasteiger partial charge in [-0.3, -0.25) is 24.0 Å². The molecule has 0 aliphatic carbocycles. The molecule has 0 aliphatic heterocycles. The number of carbonyl (C=O) groups is 1. The number of nitrogens with one attached hydrogen (secondary N) is 1. The van der Waals surface area contributed by atoms with Gasteiger partial charge in [0, 0.05) is 26.2 Å². The van der Waals surface area contributed by atoms with E-state index in [1.54, 1.807) is 12.1 Å². The minimum absolute atomic E-state index is 0.0174. The van der Waals surface area contributed by atoms with Crippen LogP contribution in [0.3, 0.4) is 0 Å². The fraction of sp³-hybridized carbons (Fsp3) is 0.500. The first-order valence-corrected chi connectivity index (χ1v) is 11.3. The number of carbonyl (C=O) groups excluding carboxylic acids is 1. The standard InChI is InChI=1S/C24H34N6O4/c1-6-28(17(4)19-9-7-18(13-25)8-10-19)15-20(31)29(11-12-34-5)21-22(26)30(14-16(2)3)24(33)27-23(21)32/h7-10,16-17H,6,11-12,14-15,26H2,1-5H3,(H,27,32,33). The molecule has 0 radical (unpaired) electrons. The zero-order valence-electron chi connectivity index (χ0n) is 20.5. The van der Waals surface area contributed by atoms with Crippen LogP contribution in [-0.2, 0) is 16.1 Å². The summed E-state index contributed by atoms with van der Waals surface area (Å²) in [5.74, 6) is -0.285. The van der Waals surface area contributed by atoms with E-state index < -0.39 is 11.2 Å². The summed E-state index contributed by atoms with van der Waals surface area (Å²) < 4.78 is 6.44. The number of nitrogens with two attached hydrogens (primary N) is 1. The Balaban J connectivity index is 2.41. The number of amides is 1. The summed E-state index contributed by atoms with van der Waals surface area (Å²) in [6.07, 6.45) is 0. The van der Waals surface area contributed by atoms with Gasteiger partial charge >= 0.3 is 5.69 Å². The number of anilines is 2. The van der Waals surface area contributed by atoms with Crippen LogP contribution in [0.4, 0.5) is 11.5 Å². The number of nitrogen functional groups attached to an aromatic ring is 1. The molecule has 0 bridgehead atoms. The molecule has 1 atom stereocenters. The lowest BCUT2D eigenvalue weighted by Gasteiger charge is -2.31. The Kier molecular flexibility index (Phi) is 9.59. The van der Waals surface area contributed by atoms with Crippen molar-refractivity contribution in [2.75, 3.05) is 44.0 Å². The molecule has 0 fully saturated rings. The molecule has 0 saturated carbocycles. The molecule has 0 spiro atoms. The van der Waals surface area contributed by atoms with Crippen molar-refractivity contribution >= 4 is 17.4 Å². The summed E-state index contributed by atoms with van der Waals surface area (Å²) in [6.45, 7) is 8.95. The summed E-state index contributed by atoms with van der Waals surface area (Å²) in [6, 6.07) is 9.19. The molecule has 10 nitrogen and oxygen atoms in total. The number of ether oxygens (including phenoxy) is 1. The van der Waals surface area contributed by atoms with Crippen LogP contribution in [0, 0.1) is 17.2 Å². The maximum absolute atomic E-state index is 13.5. The largest absolute Gasteiger partial charge is 0.383 e. The first-order valence-electron chi connectivity index (χ1n) is 11.3. The molecule has 3 N–H and O–H groups in total. The van der Waals surface area contributed by atoms with Crippen molar-refractivity contribution in [1.82, 2.24) is 14.5 Å². The zero-order valence-corrected chi connectivity index (χ0v) is 20.5. The average molecular weight is 471 g/mol. The maximum Gasteiger partial charge on any atom is 0.330 e. The Hall–Kier alpha value is -3.42. The van der Waals surface area contributed by atoms with E-state index in [4.69, 9.17) is 15.7 Å². The van der Waals surface area contributed by atoms with Gasteiger partial charge in [0.2, 0.25) is 5.91 Å². The fourth-order valence-corrected chi connectivity index (χ4v) is 3.76. The van der Waals surface area contributed by atoms with E-state index in [1.165, 1.54) is 16.6 Å². The predicted octanol–water partition coefficient (Wildman–Crippen LogP) is 1.71. The number of hydrogen-bond donors (Lipinski definition) is 2. The van der Waals surface area contributed by atoms with E-state index in [0.29, 0.717) is 18.7 Å². The number of methoxy groups -OCH3 is 1. The van der Waals surface area contributed by atoms with Crippen molar-refractivity contribution in [3.05, 3.63) is 56.2 Å². The lowest BCUT2D eigenvalue weighted by molar-refractivity contribution is -0.120. The molecule has 1 unspecified atom stereocenters. The van der Waals surface area contributed by atoms with Gasteiger partial charge in [-0.25, -0.2) is 4.79 Å². The Labute approximate surface area is 199 Å². The molecular formula is C24H34N6O4. The predicted molar refractivity (Wildman–Crippen MR) is 132 cm³/mol. The molecule has 1 heterocycles. The van der Waals surface area contributed by atoms with Gasteiger partial charge in [-0.1, -0.05) is 32.9 Å². The number of H-pyrrole nitrogens is 1. The smallest absolute Gasteiger partial charge is 0.330 e. The number of rotatable bonds is 11. The Morgan fingerprint density at radius 3 is 2.41 bits per heavy atom. The second-order valence-electron chi connectivity index (χ2n) is 8.51. The van der Waals surface area contributed by atoms with Gasteiger partial charge in [-0.2, -0.15) is 5.26 Å². The number of aromatic amines is 1. The highest BCUT2D eigenvalue weighted by atomic mass is 16.5. The van der Waals surface area contributed by atoms with E-state index in [2.05, 4.69) is 11.1 Å². The van der Waals surface area contributed by atoms with Crippen molar-refractivity contribution < 1.29 is 9.53 Å². The van der Waals surface area contributed by atoms with Crippen LogP contribution in [-0.4, -0.2) is 53.7 Å². The normalized spacial score (nSPS) is 12.1. The Morgan fingerprint density at radius 1 is 1.24 bits per heavy atom. The number of hydrogen-bond acceptors (Lipinski definition) is 7. The molecule has 2 rings (SSSR count). The van der Waals surface area contributed by atoms with E-state index in [1.807, 2.05) is 44.7 Å². The topological polar surface area (TPSA) is 137 Å². The van der Waals surface area contributed by atoms with Crippen molar-refractivity contribution in [3.8, 4) is 6.07 Å². The quantitative estimate of drug-likeness (QED) is 0.510. The summed E-state index contributed by atoms with van der Waals surface area (Å²) in [5.41, 5.74) is 6.40. The third-order valence-electron chi connectivity index (χ3n) is 5.67. The highest BCUT2D eigenvalue weighted by molar-refractivity contribution is 5.96. The fourth-order valence-electron chi connectivity index (χ4n) is 3.76. The number of aromatic nitrogens is 2. The van der Waals surface area contributed by atoms with Gasteiger partial charge in [0.25, 0.3) is 5.56 Å². The maximum atomic E-state index is 13.5.